The second kappa shape index (κ2) is 6.64. The molecule has 2 amide bonds. The van der Waals surface area contributed by atoms with Gasteiger partial charge in [0, 0.05) is 29.7 Å². The molecule has 0 radical (unpaired) electrons. The summed E-state index contributed by atoms with van der Waals surface area (Å²) in [7, 11) is 0. The van der Waals surface area contributed by atoms with Gasteiger partial charge < -0.3 is 4.90 Å². The normalized spacial score (nSPS) is 24.3. The van der Waals surface area contributed by atoms with Gasteiger partial charge in [-0.15, -0.1) is 0 Å². The number of anilines is 1. The van der Waals surface area contributed by atoms with Gasteiger partial charge in [0.05, 0.1) is 18.2 Å². The Kier molecular flexibility index (Phi) is 4.79. The van der Waals surface area contributed by atoms with Crippen LogP contribution in [0.1, 0.15) is 13.3 Å². The lowest BCUT2D eigenvalue weighted by atomic mass is 10.1. The molecule has 0 N–H and O–H groups in total. The molecule has 5 nitrogen and oxygen atoms in total. The fourth-order valence-electron chi connectivity index (χ4n) is 3.15. The molecule has 2 aliphatic heterocycles. The van der Waals surface area contributed by atoms with E-state index in [1.54, 1.807) is 0 Å². The van der Waals surface area contributed by atoms with Gasteiger partial charge >= 0.3 is 0 Å². The maximum Gasteiger partial charge on any atom is 0.251 e. The molecular formula is C16H20IN3O2. The highest BCUT2D eigenvalue weighted by atomic mass is 127. The Labute approximate surface area is 144 Å². The molecule has 0 aliphatic carbocycles. The topological polar surface area (TPSA) is 43.9 Å². The molecule has 0 saturated carbocycles. The third kappa shape index (κ3) is 3.04. The number of benzene rings is 1. The summed E-state index contributed by atoms with van der Waals surface area (Å²) in [4.78, 5) is 30.9. The van der Waals surface area contributed by atoms with Gasteiger partial charge in [0.1, 0.15) is 0 Å². The summed E-state index contributed by atoms with van der Waals surface area (Å²) >= 11 is 2.21. The van der Waals surface area contributed by atoms with E-state index in [-0.39, 0.29) is 17.9 Å². The van der Waals surface area contributed by atoms with Crippen molar-refractivity contribution in [3.8, 4) is 0 Å². The molecule has 0 spiro atoms. The number of likely N-dealkylation sites (N-methyl/N-ethyl adjacent to an activating group) is 1. The number of nitrogens with zero attached hydrogens (tertiary/aromatic N) is 3. The molecule has 6 heteroatoms. The van der Waals surface area contributed by atoms with E-state index in [0.29, 0.717) is 12.1 Å². The van der Waals surface area contributed by atoms with Crippen molar-refractivity contribution < 1.29 is 9.59 Å². The van der Waals surface area contributed by atoms with Gasteiger partial charge in [0.2, 0.25) is 5.91 Å². The van der Waals surface area contributed by atoms with Gasteiger partial charge in [-0.3, -0.25) is 14.5 Å². The van der Waals surface area contributed by atoms with E-state index in [0.717, 1.165) is 36.3 Å². The number of piperazine rings is 1. The van der Waals surface area contributed by atoms with Crippen molar-refractivity contribution >= 4 is 40.1 Å². The molecule has 0 aromatic heterocycles. The number of hydrogen-bond donors (Lipinski definition) is 0. The summed E-state index contributed by atoms with van der Waals surface area (Å²) in [5.41, 5.74) is 0.685. The zero-order valence-corrected chi connectivity index (χ0v) is 14.8. The number of carbonyl (C=O) groups is 2. The van der Waals surface area contributed by atoms with Crippen molar-refractivity contribution in [1.82, 2.24) is 9.80 Å². The van der Waals surface area contributed by atoms with Crippen LogP contribution in [-0.4, -0.2) is 60.4 Å². The Balaban J connectivity index is 1.73. The van der Waals surface area contributed by atoms with Gasteiger partial charge in [-0.25, -0.2) is 4.90 Å². The average molecular weight is 413 g/mol. The molecule has 2 aliphatic rings. The van der Waals surface area contributed by atoms with Gasteiger partial charge in [-0.2, -0.15) is 0 Å². The maximum absolute atomic E-state index is 12.7. The van der Waals surface area contributed by atoms with Crippen molar-refractivity contribution in [2.24, 2.45) is 0 Å². The zero-order valence-electron chi connectivity index (χ0n) is 12.7. The average Bonchev–Trinajstić information content (AvgIpc) is 2.83. The molecule has 1 atom stereocenters. The number of halogens is 1. The molecule has 2 heterocycles. The Morgan fingerprint density at radius 1 is 1.09 bits per heavy atom. The molecule has 1 aromatic rings. The lowest BCUT2D eigenvalue weighted by Gasteiger charge is -2.36. The molecule has 1 aromatic carbocycles. The van der Waals surface area contributed by atoms with E-state index >= 15 is 0 Å². The van der Waals surface area contributed by atoms with Crippen LogP contribution in [0.5, 0.6) is 0 Å². The third-order valence-corrected chi connectivity index (χ3v) is 5.22. The minimum absolute atomic E-state index is 0.0730. The summed E-state index contributed by atoms with van der Waals surface area (Å²) in [6.45, 7) is 6.85. The van der Waals surface area contributed by atoms with E-state index in [4.69, 9.17) is 0 Å². The van der Waals surface area contributed by atoms with Crippen molar-refractivity contribution in [2.75, 3.05) is 37.6 Å². The minimum Gasteiger partial charge on any atom is -0.301 e. The third-order valence-electron chi connectivity index (χ3n) is 4.50. The summed E-state index contributed by atoms with van der Waals surface area (Å²) < 4.78 is 1.09. The highest BCUT2D eigenvalue weighted by Crippen LogP contribution is 2.26. The van der Waals surface area contributed by atoms with Crippen LogP contribution >= 0.6 is 22.6 Å². The van der Waals surface area contributed by atoms with Crippen LogP contribution in [-0.2, 0) is 9.59 Å². The summed E-state index contributed by atoms with van der Waals surface area (Å²) in [5.74, 6) is -0.162. The number of amides is 2. The predicted octanol–water partition coefficient (Wildman–Crippen LogP) is 1.56. The Morgan fingerprint density at radius 3 is 2.32 bits per heavy atom. The van der Waals surface area contributed by atoms with Crippen molar-refractivity contribution in [1.29, 1.82) is 0 Å². The highest BCUT2D eigenvalue weighted by Gasteiger charge is 2.43. The van der Waals surface area contributed by atoms with E-state index in [2.05, 4.69) is 39.3 Å². The quantitative estimate of drug-likeness (QED) is 0.558. The second-order valence-corrected chi connectivity index (χ2v) is 6.98. The molecule has 3 rings (SSSR count). The van der Waals surface area contributed by atoms with E-state index in [9.17, 15) is 9.59 Å². The van der Waals surface area contributed by atoms with Crippen LogP contribution in [0.2, 0.25) is 0 Å². The monoisotopic (exact) mass is 413 g/mol. The molecule has 2 saturated heterocycles. The van der Waals surface area contributed by atoms with Crippen LogP contribution in [0.25, 0.3) is 0 Å². The van der Waals surface area contributed by atoms with Crippen LogP contribution in [0.3, 0.4) is 0 Å². The fraction of sp³-hybridized carbons (Fsp3) is 0.500. The molecule has 0 bridgehead atoms. The first-order valence-electron chi connectivity index (χ1n) is 7.69. The molecule has 118 valence electrons. The van der Waals surface area contributed by atoms with E-state index < -0.39 is 0 Å². The fourth-order valence-corrected chi connectivity index (χ4v) is 3.51. The molecule has 2 fully saturated rings. The van der Waals surface area contributed by atoms with Crippen LogP contribution in [0.15, 0.2) is 24.3 Å². The van der Waals surface area contributed by atoms with E-state index in [1.165, 1.54) is 4.90 Å². The van der Waals surface area contributed by atoms with Crippen LogP contribution in [0.4, 0.5) is 5.69 Å². The summed E-state index contributed by atoms with van der Waals surface area (Å²) in [6.07, 6.45) is 0.303. The standard InChI is InChI=1S/C16H20IN3O2/c1-2-18-7-9-19(10-8-18)14-11-15(21)20(16(14)22)13-5-3-12(17)4-6-13/h3-6,14H,2,7-11H2,1H3/t14-/m0/s1. The van der Waals surface area contributed by atoms with Gasteiger partial charge in [-0.05, 0) is 53.4 Å². The van der Waals surface area contributed by atoms with Gasteiger partial charge in [-0.1, -0.05) is 6.92 Å². The first-order valence-corrected chi connectivity index (χ1v) is 8.77. The lowest BCUT2D eigenvalue weighted by molar-refractivity contribution is -0.123. The maximum atomic E-state index is 12.7. The molecule has 22 heavy (non-hydrogen) atoms. The molecular weight excluding hydrogens is 393 g/mol. The number of rotatable bonds is 3. The van der Waals surface area contributed by atoms with Crippen molar-refractivity contribution in [3.05, 3.63) is 27.8 Å². The Morgan fingerprint density at radius 2 is 1.73 bits per heavy atom. The SMILES string of the molecule is CCN1CCN([C@H]2CC(=O)N(c3ccc(I)cc3)C2=O)CC1. The first kappa shape index (κ1) is 15.9. The number of hydrogen-bond acceptors (Lipinski definition) is 4. The number of imide groups is 1. The Bertz CT molecular complexity index is 567. The van der Waals surface area contributed by atoms with Gasteiger partial charge in [0.25, 0.3) is 5.91 Å². The predicted molar refractivity (Wildman–Crippen MR) is 93.7 cm³/mol. The number of carbonyl (C=O) groups excluding carboxylic acids is 2. The smallest absolute Gasteiger partial charge is 0.251 e. The van der Waals surface area contributed by atoms with Crippen molar-refractivity contribution in [3.63, 3.8) is 0 Å². The van der Waals surface area contributed by atoms with Crippen molar-refractivity contribution in [2.45, 2.75) is 19.4 Å². The first-order chi connectivity index (χ1) is 10.6. The zero-order chi connectivity index (χ0) is 15.7. The van der Waals surface area contributed by atoms with Crippen LogP contribution in [0, 0.1) is 3.57 Å². The lowest BCUT2D eigenvalue weighted by Crippen LogP contribution is -2.52. The molecule has 0 unspecified atom stereocenters. The largest absolute Gasteiger partial charge is 0.301 e. The van der Waals surface area contributed by atoms with E-state index in [1.807, 2.05) is 24.3 Å². The van der Waals surface area contributed by atoms with Crippen LogP contribution < -0.4 is 4.90 Å². The summed E-state index contributed by atoms with van der Waals surface area (Å²) in [6, 6.07) is 7.24. The Hall–Kier alpha value is -0.990. The summed E-state index contributed by atoms with van der Waals surface area (Å²) in [5, 5.41) is 0. The van der Waals surface area contributed by atoms with Gasteiger partial charge in [0.15, 0.2) is 0 Å². The minimum atomic E-state index is -0.286. The second-order valence-electron chi connectivity index (χ2n) is 5.73. The highest BCUT2D eigenvalue weighted by molar-refractivity contribution is 14.1.